The number of hydrogen-bond donors (Lipinski definition) is 3. The summed E-state index contributed by atoms with van der Waals surface area (Å²) in [6, 6.07) is 0. The van der Waals surface area contributed by atoms with Gasteiger partial charge < -0.3 is 10.6 Å². The molecule has 0 aromatic heterocycles. The summed E-state index contributed by atoms with van der Waals surface area (Å²) in [4.78, 5) is 11.6. The Morgan fingerprint density at radius 2 is 2.28 bits per heavy atom. The van der Waals surface area contributed by atoms with Crippen LogP contribution >= 0.6 is 0 Å². The molecule has 18 heavy (non-hydrogen) atoms. The highest BCUT2D eigenvalue weighted by Crippen LogP contribution is 2.22. The largest absolute Gasteiger partial charge is 0.355 e. The molecule has 106 valence electrons. The average Bonchev–Trinajstić information content (AvgIpc) is 2.28. The Morgan fingerprint density at radius 1 is 1.56 bits per heavy atom. The van der Waals surface area contributed by atoms with Crippen molar-refractivity contribution in [2.45, 2.75) is 26.2 Å². The van der Waals surface area contributed by atoms with E-state index in [0.717, 1.165) is 25.9 Å². The minimum Gasteiger partial charge on any atom is -0.355 e. The molecule has 0 bridgehead atoms. The van der Waals surface area contributed by atoms with E-state index in [9.17, 15) is 13.2 Å². The van der Waals surface area contributed by atoms with Crippen molar-refractivity contribution in [2.24, 2.45) is 17.0 Å². The first-order chi connectivity index (χ1) is 8.38. The number of primary sulfonamides is 1. The summed E-state index contributed by atoms with van der Waals surface area (Å²) in [7, 11) is -3.49. The minimum absolute atomic E-state index is 0.0906. The third-order valence-electron chi connectivity index (χ3n) is 3.36. The zero-order valence-electron chi connectivity index (χ0n) is 10.8. The fourth-order valence-electron chi connectivity index (χ4n) is 2.23. The molecule has 1 aliphatic heterocycles. The fraction of sp³-hybridized carbons (Fsp3) is 0.909. The molecule has 1 amide bonds. The first kappa shape index (κ1) is 15.4. The van der Waals surface area contributed by atoms with Crippen LogP contribution in [0.5, 0.6) is 0 Å². The summed E-state index contributed by atoms with van der Waals surface area (Å²) in [5.41, 5.74) is 0. The van der Waals surface area contributed by atoms with Crippen LogP contribution in [-0.2, 0) is 14.8 Å². The van der Waals surface area contributed by atoms with Crippen LogP contribution in [0.15, 0.2) is 0 Å². The first-order valence-corrected chi connectivity index (χ1v) is 8.08. The summed E-state index contributed by atoms with van der Waals surface area (Å²) >= 11 is 0. The Balaban J connectivity index is 2.22. The maximum absolute atomic E-state index is 11.6. The molecule has 2 unspecified atom stereocenters. The van der Waals surface area contributed by atoms with Gasteiger partial charge in [-0.3, -0.25) is 4.79 Å². The van der Waals surface area contributed by atoms with Crippen LogP contribution < -0.4 is 15.8 Å². The fourth-order valence-corrected chi connectivity index (χ4v) is 2.62. The molecule has 6 nitrogen and oxygen atoms in total. The molecule has 1 fully saturated rings. The lowest BCUT2D eigenvalue weighted by molar-refractivity contribution is -0.122. The lowest BCUT2D eigenvalue weighted by Crippen LogP contribution is -2.36. The molecule has 0 aromatic rings. The van der Waals surface area contributed by atoms with Crippen LogP contribution in [0, 0.1) is 11.8 Å². The van der Waals surface area contributed by atoms with Gasteiger partial charge in [-0.25, -0.2) is 13.6 Å². The van der Waals surface area contributed by atoms with Crippen molar-refractivity contribution in [2.75, 3.05) is 25.4 Å². The van der Waals surface area contributed by atoms with Gasteiger partial charge in [0, 0.05) is 13.0 Å². The molecule has 0 saturated carbocycles. The van der Waals surface area contributed by atoms with Crippen LogP contribution in [-0.4, -0.2) is 39.7 Å². The molecule has 0 aromatic carbocycles. The highest BCUT2D eigenvalue weighted by atomic mass is 32.2. The Bertz CT molecular complexity index is 364. The molecular weight excluding hydrogens is 254 g/mol. The number of nitrogens with two attached hydrogens (primary N) is 1. The Kier molecular flexibility index (Phi) is 6.04. The third-order valence-corrected chi connectivity index (χ3v) is 4.13. The number of carbonyl (C=O) groups excluding carboxylic acids is 1. The highest BCUT2D eigenvalue weighted by molar-refractivity contribution is 7.89. The Hall–Kier alpha value is -0.660. The number of rotatable bonds is 6. The van der Waals surface area contributed by atoms with Crippen molar-refractivity contribution in [3.63, 3.8) is 0 Å². The van der Waals surface area contributed by atoms with Crippen LogP contribution in [0.3, 0.4) is 0 Å². The maximum Gasteiger partial charge on any atom is 0.220 e. The second-order valence-corrected chi connectivity index (χ2v) is 6.74. The van der Waals surface area contributed by atoms with E-state index in [0.29, 0.717) is 18.3 Å². The van der Waals surface area contributed by atoms with Crippen LogP contribution in [0.1, 0.15) is 26.2 Å². The molecule has 2 atom stereocenters. The van der Waals surface area contributed by atoms with Crippen molar-refractivity contribution >= 4 is 15.9 Å². The summed E-state index contributed by atoms with van der Waals surface area (Å²) in [6.07, 6.45) is 2.75. The highest BCUT2D eigenvalue weighted by Gasteiger charge is 2.21. The SMILES string of the molecule is CC(CC(=O)NCCS(N)(=O)=O)C1CCCNC1. The summed E-state index contributed by atoms with van der Waals surface area (Å²) in [6.45, 7) is 4.18. The Labute approximate surface area is 109 Å². The van der Waals surface area contributed by atoms with E-state index in [1.54, 1.807) is 0 Å². The van der Waals surface area contributed by atoms with Gasteiger partial charge in [0.15, 0.2) is 0 Å². The quantitative estimate of drug-likeness (QED) is 0.604. The molecule has 0 radical (unpaired) electrons. The molecule has 0 spiro atoms. The topological polar surface area (TPSA) is 101 Å². The molecule has 0 aliphatic carbocycles. The second-order valence-electron chi connectivity index (χ2n) is 5.00. The van der Waals surface area contributed by atoms with E-state index in [1.807, 2.05) is 0 Å². The summed E-state index contributed by atoms with van der Waals surface area (Å²) in [5.74, 6) is 0.532. The molecule has 1 rings (SSSR count). The third kappa shape index (κ3) is 6.32. The van der Waals surface area contributed by atoms with Crippen molar-refractivity contribution in [3.8, 4) is 0 Å². The lowest BCUT2D eigenvalue weighted by atomic mass is 9.85. The molecule has 4 N–H and O–H groups in total. The van der Waals surface area contributed by atoms with E-state index >= 15 is 0 Å². The van der Waals surface area contributed by atoms with E-state index in [2.05, 4.69) is 17.6 Å². The van der Waals surface area contributed by atoms with Gasteiger partial charge in [0.1, 0.15) is 0 Å². The Morgan fingerprint density at radius 3 is 2.83 bits per heavy atom. The lowest BCUT2D eigenvalue weighted by Gasteiger charge is -2.27. The van der Waals surface area contributed by atoms with Crippen molar-refractivity contribution in [1.82, 2.24) is 10.6 Å². The first-order valence-electron chi connectivity index (χ1n) is 6.36. The number of sulfonamides is 1. The molecule has 1 heterocycles. The van der Waals surface area contributed by atoms with Gasteiger partial charge in [-0.1, -0.05) is 6.92 Å². The van der Waals surface area contributed by atoms with E-state index in [-0.39, 0.29) is 18.2 Å². The van der Waals surface area contributed by atoms with Crippen molar-refractivity contribution in [3.05, 3.63) is 0 Å². The standard InChI is InChI=1S/C11H23N3O3S/c1-9(10-3-2-4-13-8-10)7-11(15)14-5-6-18(12,16)17/h9-10,13H,2-8H2,1H3,(H,14,15)(H2,12,16,17). The average molecular weight is 277 g/mol. The van der Waals surface area contributed by atoms with Gasteiger partial charge in [-0.2, -0.15) is 0 Å². The maximum atomic E-state index is 11.6. The van der Waals surface area contributed by atoms with Crippen LogP contribution in [0.2, 0.25) is 0 Å². The summed E-state index contributed by atoms with van der Waals surface area (Å²) < 4.78 is 21.4. The number of amides is 1. The molecular formula is C11H23N3O3S. The van der Waals surface area contributed by atoms with Gasteiger partial charge in [0.2, 0.25) is 15.9 Å². The monoisotopic (exact) mass is 277 g/mol. The van der Waals surface area contributed by atoms with Crippen LogP contribution in [0.25, 0.3) is 0 Å². The number of hydrogen-bond acceptors (Lipinski definition) is 4. The predicted octanol–water partition coefficient (Wildman–Crippen LogP) is -0.583. The normalized spacial score (nSPS) is 22.4. The summed E-state index contributed by atoms with van der Waals surface area (Å²) in [5, 5.41) is 10.8. The van der Waals surface area contributed by atoms with E-state index in [4.69, 9.17) is 5.14 Å². The van der Waals surface area contributed by atoms with E-state index in [1.165, 1.54) is 0 Å². The van der Waals surface area contributed by atoms with Crippen LogP contribution in [0.4, 0.5) is 0 Å². The smallest absolute Gasteiger partial charge is 0.220 e. The number of nitrogens with one attached hydrogen (secondary N) is 2. The predicted molar refractivity (Wildman–Crippen MR) is 70.4 cm³/mol. The minimum atomic E-state index is -3.49. The van der Waals surface area contributed by atoms with E-state index < -0.39 is 10.0 Å². The second kappa shape index (κ2) is 7.06. The molecule has 1 saturated heterocycles. The molecule has 7 heteroatoms. The van der Waals surface area contributed by atoms with Gasteiger partial charge >= 0.3 is 0 Å². The zero-order valence-corrected chi connectivity index (χ0v) is 11.6. The van der Waals surface area contributed by atoms with Gasteiger partial charge in [0.05, 0.1) is 5.75 Å². The van der Waals surface area contributed by atoms with Crippen molar-refractivity contribution in [1.29, 1.82) is 0 Å². The number of carbonyl (C=O) groups is 1. The van der Waals surface area contributed by atoms with Crippen molar-refractivity contribution < 1.29 is 13.2 Å². The number of piperidine rings is 1. The molecule has 1 aliphatic rings. The van der Waals surface area contributed by atoms with Gasteiger partial charge in [0.25, 0.3) is 0 Å². The van der Waals surface area contributed by atoms with Gasteiger partial charge in [-0.05, 0) is 37.8 Å². The van der Waals surface area contributed by atoms with Gasteiger partial charge in [-0.15, -0.1) is 0 Å². The zero-order chi connectivity index (χ0) is 13.6.